The average molecular weight is 254 g/mol. The lowest BCUT2D eigenvalue weighted by atomic mass is 10.2. The number of hydrogen-bond donors (Lipinski definition) is 4. The highest BCUT2D eigenvalue weighted by molar-refractivity contribution is 5.84. The predicted octanol–water partition coefficient (Wildman–Crippen LogP) is 0.00330. The number of benzene rings is 1. The van der Waals surface area contributed by atoms with Gasteiger partial charge < -0.3 is 11.1 Å². The third kappa shape index (κ3) is 4.79. The summed E-state index contributed by atoms with van der Waals surface area (Å²) in [5.74, 6) is -0.834. The van der Waals surface area contributed by atoms with Crippen LogP contribution in [0.2, 0.25) is 0 Å². The van der Waals surface area contributed by atoms with E-state index < -0.39 is 18.0 Å². The molecule has 0 aliphatic rings. The van der Waals surface area contributed by atoms with Crippen molar-refractivity contribution in [1.82, 2.24) is 16.2 Å². The Hall–Kier alpha value is -2.15. The molecule has 0 heterocycles. The molecular formula is C11H15FN4O2. The first-order valence-corrected chi connectivity index (χ1v) is 5.33. The molecule has 7 heteroatoms. The number of halogens is 1. The van der Waals surface area contributed by atoms with E-state index in [1.54, 1.807) is 12.1 Å². The van der Waals surface area contributed by atoms with Crippen LogP contribution in [0.15, 0.2) is 24.3 Å². The summed E-state index contributed by atoms with van der Waals surface area (Å²) in [5.41, 5.74) is 10.3. The Kier molecular flexibility index (Phi) is 5.06. The zero-order valence-electron chi connectivity index (χ0n) is 9.87. The quantitative estimate of drug-likeness (QED) is 0.572. The van der Waals surface area contributed by atoms with E-state index in [0.717, 1.165) is 5.56 Å². The van der Waals surface area contributed by atoms with Crippen molar-refractivity contribution in [2.75, 3.05) is 0 Å². The van der Waals surface area contributed by atoms with Crippen molar-refractivity contribution in [2.24, 2.45) is 5.73 Å². The van der Waals surface area contributed by atoms with Crippen molar-refractivity contribution in [2.45, 2.75) is 19.5 Å². The predicted molar refractivity (Wildman–Crippen MR) is 63.6 cm³/mol. The molecule has 1 atom stereocenters. The summed E-state index contributed by atoms with van der Waals surface area (Å²) >= 11 is 0. The minimum absolute atomic E-state index is 0.222. The SMILES string of the molecule is C[C@@H](N)C(=O)NNC(=O)NCc1ccc(F)cc1. The molecule has 5 N–H and O–H groups in total. The van der Waals surface area contributed by atoms with Gasteiger partial charge >= 0.3 is 6.03 Å². The van der Waals surface area contributed by atoms with E-state index in [0.29, 0.717) is 0 Å². The van der Waals surface area contributed by atoms with Gasteiger partial charge in [0.25, 0.3) is 5.91 Å². The van der Waals surface area contributed by atoms with Gasteiger partial charge in [-0.15, -0.1) is 0 Å². The van der Waals surface area contributed by atoms with Gasteiger partial charge in [0.15, 0.2) is 0 Å². The van der Waals surface area contributed by atoms with Crippen LogP contribution < -0.4 is 21.9 Å². The van der Waals surface area contributed by atoms with Crippen molar-refractivity contribution in [3.63, 3.8) is 0 Å². The van der Waals surface area contributed by atoms with Crippen LogP contribution in [0, 0.1) is 5.82 Å². The summed E-state index contributed by atoms with van der Waals surface area (Å²) < 4.78 is 12.6. The molecule has 98 valence electrons. The van der Waals surface area contributed by atoms with Gasteiger partial charge in [0.05, 0.1) is 6.04 Å². The number of carbonyl (C=O) groups is 2. The van der Waals surface area contributed by atoms with E-state index in [2.05, 4.69) is 16.2 Å². The summed E-state index contributed by atoms with van der Waals surface area (Å²) in [4.78, 5) is 22.3. The van der Waals surface area contributed by atoms with Crippen LogP contribution >= 0.6 is 0 Å². The largest absolute Gasteiger partial charge is 0.333 e. The maximum atomic E-state index is 12.6. The number of nitrogens with one attached hydrogen (secondary N) is 3. The second kappa shape index (κ2) is 6.55. The summed E-state index contributed by atoms with van der Waals surface area (Å²) in [5, 5.41) is 2.48. The van der Waals surface area contributed by atoms with E-state index in [9.17, 15) is 14.0 Å². The van der Waals surface area contributed by atoms with E-state index >= 15 is 0 Å². The Bertz CT molecular complexity index is 420. The molecule has 6 nitrogen and oxygen atoms in total. The molecule has 0 radical (unpaired) electrons. The summed E-state index contributed by atoms with van der Waals surface area (Å²) in [6.07, 6.45) is 0. The number of hydrazine groups is 1. The third-order valence-electron chi connectivity index (χ3n) is 2.08. The topological polar surface area (TPSA) is 96.2 Å². The van der Waals surface area contributed by atoms with Crippen LogP contribution in [0.5, 0.6) is 0 Å². The maximum Gasteiger partial charge on any atom is 0.333 e. The van der Waals surface area contributed by atoms with Gasteiger partial charge in [-0.1, -0.05) is 12.1 Å². The standard InChI is InChI=1S/C11H15FN4O2/c1-7(13)10(17)15-16-11(18)14-6-8-2-4-9(12)5-3-8/h2-5,7H,6,13H2,1H3,(H,15,17)(H2,14,16,18)/t7-/m1/s1. The van der Waals surface area contributed by atoms with Crippen molar-refractivity contribution < 1.29 is 14.0 Å². The summed E-state index contributed by atoms with van der Waals surface area (Å²) in [6, 6.07) is 4.42. The second-order valence-corrected chi connectivity index (χ2v) is 3.71. The average Bonchev–Trinajstić information content (AvgIpc) is 2.35. The van der Waals surface area contributed by atoms with Crippen LogP contribution in [0.3, 0.4) is 0 Å². The van der Waals surface area contributed by atoms with Crippen molar-refractivity contribution in [1.29, 1.82) is 0 Å². The summed E-state index contributed by atoms with van der Waals surface area (Å²) in [6.45, 7) is 1.72. The van der Waals surface area contributed by atoms with E-state index in [1.807, 2.05) is 0 Å². The molecule has 1 aromatic carbocycles. The lowest BCUT2D eigenvalue weighted by Gasteiger charge is -2.10. The van der Waals surface area contributed by atoms with Crippen LogP contribution in [-0.4, -0.2) is 18.0 Å². The van der Waals surface area contributed by atoms with Crippen LogP contribution in [0.1, 0.15) is 12.5 Å². The number of rotatable bonds is 3. The highest BCUT2D eigenvalue weighted by Gasteiger charge is 2.07. The molecule has 1 aromatic rings. The molecule has 0 fully saturated rings. The van der Waals surface area contributed by atoms with Gasteiger partial charge in [-0.3, -0.25) is 10.2 Å². The minimum atomic E-state index is -0.706. The second-order valence-electron chi connectivity index (χ2n) is 3.71. The fourth-order valence-electron chi connectivity index (χ4n) is 1.06. The van der Waals surface area contributed by atoms with Crippen molar-refractivity contribution in [3.8, 4) is 0 Å². The van der Waals surface area contributed by atoms with Gasteiger partial charge in [0.2, 0.25) is 0 Å². The minimum Gasteiger partial charge on any atom is -0.333 e. The number of amides is 3. The van der Waals surface area contributed by atoms with Gasteiger partial charge in [-0.25, -0.2) is 14.6 Å². The van der Waals surface area contributed by atoms with Crippen molar-refractivity contribution in [3.05, 3.63) is 35.6 Å². The van der Waals surface area contributed by atoms with Crippen molar-refractivity contribution >= 4 is 11.9 Å². The maximum absolute atomic E-state index is 12.6. The molecule has 0 bridgehead atoms. The monoisotopic (exact) mass is 254 g/mol. The number of carbonyl (C=O) groups excluding carboxylic acids is 2. The molecule has 0 aliphatic carbocycles. The van der Waals surface area contributed by atoms with Gasteiger partial charge in [0.1, 0.15) is 5.82 Å². The normalized spacial score (nSPS) is 11.5. The van der Waals surface area contributed by atoms with Gasteiger partial charge in [-0.2, -0.15) is 0 Å². The molecule has 1 rings (SSSR count). The first-order chi connectivity index (χ1) is 8.49. The smallest absolute Gasteiger partial charge is 0.333 e. The van der Waals surface area contributed by atoms with Gasteiger partial charge in [0, 0.05) is 6.54 Å². The molecule has 0 aliphatic heterocycles. The fraction of sp³-hybridized carbons (Fsp3) is 0.273. The third-order valence-corrected chi connectivity index (χ3v) is 2.08. The highest BCUT2D eigenvalue weighted by atomic mass is 19.1. The zero-order chi connectivity index (χ0) is 13.5. The molecule has 0 spiro atoms. The number of urea groups is 1. The van der Waals surface area contributed by atoms with E-state index in [4.69, 9.17) is 5.73 Å². The van der Waals surface area contributed by atoms with Gasteiger partial charge in [-0.05, 0) is 24.6 Å². The fourth-order valence-corrected chi connectivity index (χ4v) is 1.06. The molecular weight excluding hydrogens is 239 g/mol. The Balaban J connectivity index is 2.29. The van der Waals surface area contributed by atoms with E-state index in [1.165, 1.54) is 19.1 Å². The highest BCUT2D eigenvalue weighted by Crippen LogP contribution is 2.01. The molecule has 0 saturated carbocycles. The first kappa shape index (κ1) is 13.9. The molecule has 18 heavy (non-hydrogen) atoms. The summed E-state index contributed by atoms with van der Waals surface area (Å²) in [7, 11) is 0. The van der Waals surface area contributed by atoms with Crippen LogP contribution in [-0.2, 0) is 11.3 Å². The van der Waals surface area contributed by atoms with Crippen LogP contribution in [0.25, 0.3) is 0 Å². The zero-order valence-corrected chi connectivity index (χ0v) is 9.87. The lowest BCUT2D eigenvalue weighted by Crippen LogP contribution is -2.51. The number of nitrogens with two attached hydrogens (primary N) is 1. The molecule has 3 amide bonds. The Morgan fingerprint density at radius 2 is 1.89 bits per heavy atom. The Morgan fingerprint density at radius 1 is 1.28 bits per heavy atom. The Morgan fingerprint density at radius 3 is 2.44 bits per heavy atom. The number of hydrogen-bond acceptors (Lipinski definition) is 3. The Labute approximate surface area is 104 Å². The molecule has 0 unspecified atom stereocenters. The van der Waals surface area contributed by atoms with E-state index in [-0.39, 0.29) is 12.4 Å². The molecule has 0 saturated heterocycles. The molecule has 0 aromatic heterocycles. The first-order valence-electron chi connectivity index (χ1n) is 5.33. The lowest BCUT2D eigenvalue weighted by molar-refractivity contribution is -0.122. The van der Waals surface area contributed by atoms with Crippen LogP contribution in [0.4, 0.5) is 9.18 Å².